The van der Waals surface area contributed by atoms with Crippen LogP contribution >= 0.6 is 0 Å². The van der Waals surface area contributed by atoms with Gasteiger partial charge in [0.2, 0.25) is 5.65 Å². The highest BCUT2D eigenvalue weighted by Crippen LogP contribution is 2.39. The molecule has 3 heterocycles. The zero-order valence-corrected chi connectivity index (χ0v) is 14.1. The van der Waals surface area contributed by atoms with Gasteiger partial charge in [0.1, 0.15) is 11.6 Å². The molecule has 1 saturated carbocycles. The van der Waals surface area contributed by atoms with E-state index < -0.39 is 0 Å². The number of benzene rings is 1. The topological polar surface area (TPSA) is 72.9 Å². The van der Waals surface area contributed by atoms with Gasteiger partial charge in [-0.25, -0.2) is 9.97 Å². The molecule has 0 radical (unpaired) electrons. The van der Waals surface area contributed by atoms with Crippen molar-refractivity contribution in [1.29, 1.82) is 0 Å². The molecule has 7 nitrogen and oxygen atoms in total. The second kappa shape index (κ2) is 5.54. The zero-order valence-electron chi connectivity index (χ0n) is 14.1. The van der Waals surface area contributed by atoms with Gasteiger partial charge in [-0.1, -0.05) is 12.1 Å². The largest absolute Gasteiger partial charge is 0.365 e. The van der Waals surface area contributed by atoms with Crippen LogP contribution in [-0.2, 0) is 6.54 Å². The van der Waals surface area contributed by atoms with Crippen molar-refractivity contribution in [3.8, 4) is 0 Å². The fraction of sp³-hybridized carbons (Fsp3) is 0.333. The number of hydrogen-bond acceptors (Lipinski definition) is 5. The molecular formula is C18H19N7. The second-order valence-electron chi connectivity index (χ2n) is 6.53. The SMILES string of the molecule is Cc1nc2ccccc2n1CCNc1nccn2c(C3CC3)nnc12. The van der Waals surface area contributed by atoms with Crippen LogP contribution in [-0.4, -0.2) is 35.7 Å². The summed E-state index contributed by atoms with van der Waals surface area (Å²) in [5, 5.41) is 12.1. The van der Waals surface area contributed by atoms with Crippen LogP contribution in [0, 0.1) is 6.92 Å². The van der Waals surface area contributed by atoms with E-state index in [4.69, 9.17) is 0 Å². The van der Waals surface area contributed by atoms with Crippen LogP contribution in [0.5, 0.6) is 0 Å². The maximum atomic E-state index is 4.61. The van der Waals surface area contributed by atoms with Gasteiger partial charge in [0.15, 0.2) is 5.82 Å². The number of hydrogen-bond donors (Lipinski definition) is 1. The Balaban J connectivity index is 1.38. The summed E-state index contributed by atoms with van der Waals surface area (Å²) in [6.07, 6.45) is 6.17. The summed E-state index contributed by atoms with van der Waals surface area (Å²) >= 11 is 0. The molecule has 0 unspecified atom stereocenters. The fourth-order valence-corrected chi connectivity index (χ4v) is 3.35. The maximum absolute atomic E-state index is 4.61. The first-order valence-electron chi connectivity index (χ1n) is 8.66. The van der Waals surface area contributed by atoms with Crippen molar-refractivity contribution in [3.05, 3.63) is 48.3 Å². The Morgan fingerprint density at radius 1 is 1.20 bits per heavy atom. The highest BCUT2D eigenvalue weighted by Gasteiger charge is 2.29. The average molecular weight is 333 g/mol. The summed E-state index contributed by atoms with van der Waals surface area (Å²) in [4.78, 5) is 9.06. The first kappa shape index (κ1) is 14.4. The summed E-state index contributed by atoms with van der Waals surface area (Å²) < 4.78 is 4.28. The molecule has 0 atom stereocenters. The summed E-state index contributed by atoms with van der Waals surface area (Å²) in [5.74, 6) is 3.42. The molecule has 0 amide bonds. The molecule has 126 valence electrons. The van der Waals surface area contributed by atoms with Crippen LogP contribution in [0.3, 0.4) is 0 Å². The van der Waals surface area contributed by atoms with Crippen molar-refractivity contribution in [3.63, 3.8) is 0 Å². The molecular weight excluding hydrogens is 314 g/mol. The summed E-state index contributed by atoms with van der Waals surface area (Å²) in [5.41, 5.74) is 3.00. The van der Waals surface area contributed by atoms with E-state index in [2.05, 4.69) is 40.5 Å². The van der Waals surface area contributed by atoms with E-state index in [0.717, 1.165) is 47.2 Å². The number of aromatic nitrogens is 6. The van der Waals surface area contributed by atoms with E-state index in [1.807, 2.05) is 37.5 Å². The van der Waals surface area contributed by atoms with Gasteiger partial charge in [0, 0.05) is 31.4 Å². The van der Waals surface area contributed by atoms with E-state index in [1.54, 1.807) is 0 Å². The summed E-state index contributed by atoms with van der Waals surface area (Å²) in [7, 11) is 0. The molecule has 4 aromatic rings. The highest BCUT2D eigenvalue weighted by atomic mass is 15.3. The Bertz CT molecular complexity index is 1060. The Hall–Kier alpha value is -2.96. The predicted molar refractivity (Wildman–Crippen MR) is 95.7 cm³/mol. The number of imidazole rings is 1. The number of fused-ring (bicyclic) bond motifs is 2. The minimum Gasteiger partial charge on any atom is -0.365 e. The van der Waals surface area contributed by atoms with E-state index in [9.17, 15) is 0 Å². The first-order chi connectivity index (χ1) is 12.3. The van der Waals surface area contributed by atoms with E-state index in [0.29, 0.717) is 5.92 Å². The molecule has 3 aromatic heterocycles. The number of rotatable bonds is 5. The third-order valence-corrected chi connectivity index (χ3v) is 4.77. The monoisotopic (exact) mass is 333 g/mol. The van der Waals surface area contributed by atoms with Crippen LogP contribution in [0.15, 0.2) is 36.7 Å². The molecule has 1 N–H and O–H groups in total. The quantitative estimate of drug-likeness (QED) is 0.608. The van der Waals surface area contributed by atoms with Gasteiger partial charge < -0.3 is 9.88 Å². The van der Waals surface area contributed by atoms with Crippen molar-refractivity contribution in [2.75, 3.05) is 11.9 Å². The van der Waals surface area contributed by atoms with Crippen LogP contribution in [0.4, 0.5) is 5.82 Å². The Labute approximate surface area is 144 Å². The molecule has 0 aliphatic heterocycles. The van der Waals surface area contributed by atoms with Gasteiger partial charge in [0.05, 0.1) is 11.0 Å². The Morgan fingerprint density at radius 3 is 2.96 bits per heavy atom. The lowest BCUT2D eigenvalue weighted by atomic mass is 10.3. The molecule has 5 rings (SSSR count). The molecule has 7 heteroatoms. The molecule has 1 fully saturated rings. The molecule has 0 spiro atoms. The zero-order chi connectivity index (χ0) is 16.8. The van der Waals surface area contributed by atoms with Crippen LogP contribution < -0.4 is 5.32 Å². The van der Waals surface area contributed by atoms with E-state index >= 15 is 0 Å². The third kappa shape index (κ3) is 2.43. The smallest absolute Gasteiger partial charge is 0.203 e. The van der Waals surface area contributed by atoms with Crippen molar-refractivity contribution in [1.82, 2.24) is 29.1 Å². The second-order valence-corrected chi connectivity index (χ2v) is 6.53. The number of anilines is 1. The molecule has 1 aliphatic carbocycles. The molecule has 1 aromatic carbocycles. The third-order valence-electron chi connectivity index (χ3n) is 4.77. The minimum atomic E-state index is 0.560. The Kier molecular flexibility index (Phi) is 3.19. The van der Waals surface area contributed by atoms with Crippen LogP contribution in [0.2, 0.25) is 0 Å². The lowest BCUT2D eigenvalue weighted by Crippen LogP contribution is -2.13. The van der Waals surface area contributed by atoms with Crippen molar-refractivity contribution >= 4 is 22.5 Å². The average Bonchev–Trinajstić information content (AvgIpc) is 3.29. The molecule has 0 bridgehead atoms. The fourth-order valence-electron chi connectivity index (χ4n) is 3.35. The van der Waals surface area contributed by atoms with Gasteiger partial charge in [-0.15, -0.1) is 10.2 Å². The van der Waals surface area contributed by atoms with E-state index in [-0.39, 0.29) is 0 Å². The van der Waals surface area contributed by atoms with Crippen LogP contribution in [0.25, 0.3) is 16.7 Å². The predicted octanol–water partition coefficient (Wildman–Crippen LogP) is 2.77. The highest BCUT2D eigenvalue weighted by molar-refractivity contribution is 5.75. The first-order valence-corrected chi connectivity index (χ1v) is 8.66. The maximum Gasteiger partial charge on any atom is 0.203 e. The molecule has 1 aliphatic rings. The van der Waals surface area contributed by atoms with Crippen molar-refractivity contribution in [2.45, 2.75) is 32.2 Å². The van der Waals surface area contributed by atoms with Gasteiger partial charge in [-0.3, -0.25) is 4.40 Å². The van der Waals surface area contributed by atoms with Crippen molar-refractivity contribution in [2.24, 2.45) is 0 Å². The number of nitrogens with zero attached hydrogens (tertiary/aromatic N) is 6. The van der Waals surface area contributed by atoms with Gasteiger partial charge >= 0.3 is 0 Å². The molecule has 25 heavy (non-hydrogen) atoms. The molecule has 0 saturated heterocycles. The summed E-state index contributed by atoms with van der Waals surface area (Å²) in [6.45, 7) is 3.61. The van der Waals surface area contributed by atoms with Gasteiger partial charge in [-0.05, 0) is 31.9 Å². The number of aryl methyl sites for hydroxylation is 1. The van der Waals surface area contributed by atoms with Crippen molar-refractivity contribution < 1.29 is 0 Å². The summed E-state index contributed by atoms with van der Waals surface area (Å²) in [6, 6.07) is 8.22. The Morgan fingerprint density at radius 2 is 2.08 bits per heavy atom. The van der Waals surface area contributed by atoms with Gasteiger partial charge in [0.25, 0.3) is 0 Å². The number of para-hydroxylation sites is 2. The lowest BCUT2D eigenvalue weighted by Gasteiger charge is -2.09. The lowest BCUT2D eigenvalue weighted by molar-refractivity contribution is 0.720. The van der Waals surface area contributed by atoms with Gasteiger partial charge in [-0.2, -0.15) is 0 Å². The standard InChI is InChI=1S/C18H19N7/c1-12-21-14-4-2-3-5-15(14)24(12)10-8-19-16-18-23-22-17(13-6-7-13)25(18)11-9-20-16/h2-5,9,11,13H,6-8,10H2,1H3,(H,19,20). The normalized spacial score (nSPS) is 14.4. The van der Waals surface area contributed by atoms with Crippen LogP contribution in [0.1, 0.15) is 30.4 Å². The number of nitrogens with one attached hydrogen (secondary N) is 1. The van der Waals surface area contributed by atoms with E-state index in [1.165, 1.54) is 12.8 Å². The minimum absolute atomic E-state index is 0.560.